The number of aliphatic carboxylic acids is 1. The van der Waals surface area contributed by atoms with E-state index in [0.29, 0.717) is 11.0 Å². The summed E-state index contributed by atoms with van der Waals surface area (Å²) in [7, 11) is 5.71. The van der Waals surface area contributed by atoms with E-state index in [1.807, 2.05) is 46.3 Å². The summed E-state index contributed by atoms with van der Waals surface area (Å²) in [6.45, 7) is 2.33. The zero-order valence-electron chi connectivity index (χ0n) is 13.2. The average Bonchev–Trinajstić information content (AvgIpc) is 2.30. The summed E-state index contributed by atoms with van der Waals surface area (Å²) >= 11 is 0. The van der Waals surface area contributed by atoms with E-state index in [2.05, 4.69) is 0 Å². The molecule has 0 aromatic rings. The van der Waals surface area contributed by atoms with Gasteiger partial charge in [-0.1, -0.05) is 36.5 Å². The summed E-state index contributed by atoms with van der Waals surface area (Å²) in [5, 5.41) is 10.7. The van der Waals surface area contributed by atoms with Crippen LogP contribution in [0.2, 0.25) is 0 Å². The van der Waals surface area contributed by atoms with Crippen molar-refractivity contribution in [2.75, 3.05) is 27.7 Å². The predicted molar refractivity (Wildman–Crippen MR) is 80.1 cm³/mol. The molecule has 21 heavy (non-hydrogen) atoms. The number of hydrogen-bond donors (Lipinski definition) is 0. The van der Waals surface area contributed by atoms with Gasteiger partial charge in [0.25, 0.3) is 0 Å². The van der Waals surface area contributed by atoms with Crippen LogP contribution in [0.25, 0.3) is 0 Å². The third-order valence-corrected chi connectivity index (χ3v) is 2.39. The van der Waals surface area contributed by atoms with Crippen LogP contribution in [0.1, 0.15) is 19.8 Å². The third-order valence-electron chi connectivity index (χ3n) is 2.39. The van der Waals surface area contributed by atoms with Crippen LogP contribution in [0, 0.1) is 0 Å². The lowest BCUT2D eigenvalue weighted by Gasteiger charge is -2.29. The molecule has 0 fully saturated rings. The second-order valence-electron chi connectivity index (χ2n) is 5.70. The molecular weight excluding hydrogens is 270 g/mol. The van der Waals surface area contributed by atoms with Crippen LogP contribution >= 0.6 is 0 Å². The molecule has 5 heteroatoms. The molecule has 0 saturated carbocycles. The molecule has 0 heterocycles. The highest BCUT2D eigenvalue weighted by molar-refractivity contribution is 5.72. The van der Waals surface area contributed by atoms with Gasteiger partial charge >= 0.3 is 5.97 Å². The molecule has 0 N–H and O–H groups in total. The highest BCUT2D eigenvalue weighted by Crippen LogP contribution is 2.06. The number of rotatable bonds is 9. The molecule has 0 rings (SSSR count). The van der Waals surface area contributed by atoms with Crippen LogP contribution in [0.5, 0.6) is 0 Å². The van der Waals surface area contributed by atoms with Crippen molar-refractivity contribution in [2.24, 2.45) is 0 Å². The van der Waals surface area contributed by atoms with Crippen molar-refractivity contribution in [1.82, 2.24) is 0 Å². The molecule has 0 radical (unpaired) electrons. The first kappa shape index (κ1) is 19.1. The van der Waals surface area contributed by atoms with Gasteiger partial charge in [-0.2, -0.15) is 0 Å². The lowest BCUT2D eigenvalue weighted by molar-refractivity contribution is -0.873. The molecule has 0 aromatic heterocycles. The normalized spacial score (nSPS) is 14.1. The average molecular weight is 295 g/mol. The predicted octanol–water partition coefficient (Wildman–Crippen LogP) is 0.823. The van der Waals surface area contributed by atoms with Gasteiger partial charge in [0.15, 0.2) is 6.10 Å². The fraction of sp³-hybridized carbons (Fsp3) is 0.500. The Hall–Kier alpha value is -1.88. The quantitative estimate of drug-likeness (QED) is 0.359. The third kappa shape index (κ3) is 12.9. The minimum Gasteiger partial charge on any atom is -0.550 e. The molecular formula is C16H25NO4. The molecule has 0 aliphatic heterocycles. The second-order valence-corrected chi connectivity index (χ2v) is 5.70. The van der Waals surface area contributed by atoms with E-state index in [1.165, 1.54) is 0 Å². The number of carbonyl (C=O) groups excluding carboxylic acids is 2. The Morgan fingerprint density at radius 1 is 1.14 bits per heavy atom. The van der Waals surface area contributed by atoms with Gasteiger partial charge in [0.1, 0.15) is 6.54 Å². The molecule has 0 aliphatic carbocycles. The highest BCUT2D eigenvalue weighted by Gasteiger charge is 2.21. The van der Waals surface area contributed by atoms with Crippen LogP contribution in [-0.4, -0.2) is 50.2 Å². The van der Waals surface area contributed by atoms with Crippen LogP contribution in [0.4, 0.5) is 0 Å². The van der Waals surface area contributed by atoms with E-state index in [9.17, 15) is 14.7 Å². The van der Waals surface area contributed by atoms with Crippen molar-refractivity contribution in [3.8, 4) is 0 Å². The fourth-order valence-electron chi connectivity index (χ4n) is 1.66. The lowest BCUT2D eigenvalue weighted by Crippen LogP contribution is -2.45. The molecule has 0 aromatic carbocycles. The molecule has 1 unspecified atom stereocenters. The maximum absolute atomic E-state index is 11.7. The summed E-state index contributed by atoms with van der Waals surface area (Å²) in [5.41, 5.74) is 0. The van der Waals surface area contributed by atoms with Gasteiger partial charge in [-0.25, -0.2) is 0 Å². The Labute approximate surface area is 126 Å². The highest BCUT2D eigenvalue weighted by atomic mass is 16.5. The van der Waals surface area contributed by atoms with E-state index in [-0.39, 0.29) is 12.8 Å². The summed E-state index contributed by atoms with van der Waals surface area (Å²) in [5.74, 6) is -1.66. The Bertz CT molecular complexity index is 416. The molecule has 118 valence electrons. The van der Waals surface area contributed by atoms with Crippen LogP contribution in [0.3, 0.4) is 0 Å². The molecule has 1 atom stereocenters. The van der Waals surface area contributed by atoms with Gasteiger partial charge in [-0.15, -0.1) is 0 Å². The van der Waals surface area contributed by atoms with Crippen molar-refractivity contribution in [3.63, 3.8) is 0 Å². The van der Waals surface area contributed by atoms with Crippen molar-refractivity contribution in [1.29, 1.82) is 0 Å². The molecule has 0 saturated heterocycles. The first-order chi connectivity index (χ1) is 9.74. The summed E-state index contributed by atoms with van der Waals surface area (Å²) in [4.78, 5) is 22.4. The lowest BCUT2D eigenvalue weighted by atomic mass is 10.2. The summed E-state index contributed by atoms with van der Waals surface area (Å²) in [6, 6.07) is 0. The number of esters is 1. The number of likely N-dealkylation sites (N-methyl/N-ethyl adjacent to an activating group) is 1. The number of allylic oxidation sites excluding steroid dienone is 5. The van der Waals surface area contributed by atoms with Gasteiger partial charge in [0.05, 0.1) is 27.6 Å². The number of ether oxygens (including phenoxy) is 1. The zero-order valence-corrected chi connectivity index (χ0v) is 13.2. The number of nitrogens with zero attached hydrogens (tertiary/aromatic N) is 1. The molecule has 0 aliphatic rings. The van der Waals surface area contributed by atoms with Crippen molar-refractivity contribution in [2.45, 2.75) is 25.9 Å². The van der Waals surface area contributed by atoms with Crippen LogP contribution < -0.4 is 5.11 Å². The number of carboxylic acid groups (broad SMARTS) is 1. The van der Waals surface area contributed by atoms with Gasteiger partial charge in [-0.3, -0.25) is 4.79 Å². The Kier molecular flexibility index (Phi) is 9.05. The Morgan fingerprint density at radius 2 is 1.76 bits per heavy atom. The summed E-state index contributed by atoms with van der Waals surface area (Å²) < 4.78 is 5.71. The van der Waals surface area contributed by atoms with Gasteiger partial charge < -0.3 is 19.1 Å². The van der Waals surface area contributed by atoms with E-state index >= 15 is 0 Å². The number of quaternary nitrogens is 1. The van der Waals surface area contributed by atoms with Crippen molar-refractivity contribution < 1.29 is 23.9 Å². The van der Waals surface area contributed by atoms with Gasteiger partial charge in [0.2, 0.25) is 0 Å². The Balaban J connectivity index is 4.36. The largest absolute Gasteiger partial charge is 0.550 e. The summed E-state index contributed by atoms with van der Waals surface area (Å²) in [6.07, 6.45) is 9.99. The standard InChI is InChI=1S/C16H25NO4/c1-5-6-7-8-9-10-11-16(20)21-14(12-15(18)19)13-17(2,3)4/h5-10,14H,11-13H2,1-4H3/b6-5+,8-7+,10-9+. The number of carbonyl (C=O) groups is 2. The van der Waals surface area contributed by atoms with E-state index in [4.69, 9.17) is 4.74 Å². The fourth-order valence-corrected chi connectivity index (χ4v) is 1.66. The molecule has 0 bridgehead atoms. The first-order valence-corrected chi connectivity index (χ1v) is 6.89. The van der Waals surface area contributed by atoms with Gasteiger partial charge in [0, 0.05) is 12.4 Å². The molecule has 5 nitrogen and oxygen atoms in total. The minimum absolute atomic E-state index is 0.112. The van der Waals surface area contributed by atoms with E-state index in [1.54, 1.807) is 18.2 Å². The van der Waals surface area contributed by atoms with Crippen LogP contribution in [0.15, 0.2) is 36.5 Å². The van der Waals surface area contributed by atoms with Crippen molar-refractivity contribution in [3.05, 3.63) is 36.5 Å². The van der Waals surface area contributed by atoms with Gasteiger partial charge in [-0.05, 0) is 6.92 Å². The van der Waals surface area contributed by atoms with Crippen molar-refractivity contribution >= 4 is 11.9 Å². The SMILES string of the molecule is C/C=C/C=C/C=C/CC(=O)OC(CC(=O)[O-])C[N+](C)(C)C. The first-order valence-electron chi connectivity index (χ1n) is 6.89. The van der Waals surface area contributed by atoms with Crippen LogP contribution in [-0.2, 0) is 14.3 Å². The second kappa shape index (κ2) is 9.94. The monoisotopic (exact) mass is 295 g/mol. The number of hydrogen-bond acceptors (Lipinski definition) is 4. The van der Waals surface area contributed by atoms with E-state index < -0.39 is 18.0 Å². The number of carboxylic acids is 1. The maximum atomic E-state index is 11.7. The molecule has 0 amide bonds. The molecule has 0 spiro atoms. The zero-order chi connectivity index (χ0) is 16.3. The Morgan fingerprint density at radius 3 is 2.29 bits per heavy atom. The topological polar surface area (TPSA) is 66.4 Å². The smallest absolute Gasteiger partial charge is 0.310 e. The maximum Gasteiger partial charge on any atom is 0.310 e. The van der Waals surface area contributed by atoms with E-state index in [0.717, 1.165) is 0 Å². The minimum atomic E-state index is -1.22.